The molecule has 0 radical (unpaired) electrons. The quantitative estimate of drug-likeness (QED) is 0.0333. The fraction of sp³-hybridized carbons (Fsp3) is 0.703. The topological polar surface area (TPSA) is 445 Å². The van der Waals surface area contributed by atoms with Gasteiger partial charge in [0, 0.05) is 19.4 Å². The van der Waals surface area contributed by atoms with Crippen molar-refractivity contribution < 1.29 is 77.0 Å². The second-order valence-electron chi connectivity index (χ2n) is 29.8. The van der Waals surface area contributed by atoms with Crippen LogP contribution in [0.15, 0.2) is 42.1 Å². The number of amides is 13. The number of rotatable bonds is 33. The Morgan fingerprint density at radius 2 is 1.18 bits per heavy atom. The third-order valence-electron chi connectivity index (χ3n) is 19.1. The van der Waals surface area contributed by atoms with Crippen LogP contribution in [-0.4, -0.2) is 216 Å². The van der Waals surface area contributed by atoms with Crippen LogP contribution in [0.5, 0.6) is 0 Å². The standard InChI is InChI=1S/C74H123N15O16/c1-20-43(14)58(70(100)87-61-46(17)105-74(104)57(42(12)13)83-62(92)48(22-3)76-64(94)50(37-47-29-24-23-25-30-47)78-66(96)54(39(6)7)80-69(99)59(44(15)21-2)85-72(61)102)84-63(93)49(31-26-34-75)77-65(95)51-32-27-36-89(51)73(103)56(41(10)11)82-68(98)55(40(8)9)81-71(101)60(45(16)90)86-67(97)53(38(4)5)79-52(91)33-28-35-88(18)19/h22-25,29-30,38-46,49-51,53-61,90H,20-21,26-28,31-37,75H2,1-19H3,(H,76,94)(H,77,95)(H,78,96)(H,79,91)(H,80,99)(H,81,101)(H,82,98)(H,83,92)(H,84,93)(H,85,102)(H,86,97)(H,87,100)/b48-22-/t43-,44-,45+,46+,49-,50-,51+,53+,54+,55-,56+,57-,58+,59+,60-,61+/m0/s1. The third-order valence-corrected chi connectivity index (χ3v) is 19.1. The van der Waals surface area contributed by atoms with Crippen LogP contribution in [0.1, 0.15) is 175 Å². The van der Waals surface area contributed by atoms with Gasteiger partial charge < -0.3 is 89.2 Å². The van der Waals surface area contributed by atoms with Crippen molar-refractivity contribution in [2.24, 2.45) is 47.2 Å². The maximum absolute atomic E-state index is 15.0. The van der Waals surface area contributed by atoms with Gasteiger partial charge in [-0.05, 0) is 127 Å². The normalized spacial score (nSPS) is 22.6. The SMILES string of the molecule is C/C=C1\NC(=O)[C@H](Cc2ccccc2)NC(=O)[C@@H](C(C)C)NC(=O)[C@@H]([C@@H](C)CC)NC(=O)[C@H](NC(=O)[C@H](NC(=O)[C@H](CCCN)NC(=O)[C@H]2CCCN2C(=O)[C@H](NC(=O)[C@@H](NC(=O)[C@@H](NC(=O)[C@H](NC(=O)CCCN(C)C)C(C)C)[C@@H](C)O)C(C)C)C(C)C)[C@@H](C)CC)[C@@H](C)OC(=O)[C@H](C(C)C)NC1=O. The van der Waals surface area contributed by atoms with Gasteiger partial charge in [-0.3, -0.25) is 62.3 Å². The van der Waals surface area contributed by atoms with Crippen LogP contribution in [0.25, 0.3) is 0 Å². The van der Waals surface area contributed by atoms with Crippen molar-refractivity contribution in [2.75, 3.05) is 33.7 Å². The number of nitrogens with one attached hydrogen (secondary N) is 12. The number of aliphatic hydroxyl groups excluding tert-OH is 1. The molecule has 0 saturated carbocycles. The number of cyclic esters (lactones) is 1. The Morgan fingerprint density at radius 1 is 0.638 bits per heavy atom. The molecule has 16 atom stereocenters. The highest BCUT2D eigenvalue weighted by Crippen LogP contribution is 2.23. The minimum Gasteiger partial charge on any atom is -0.458 e. The number of carbonyl (C=O) groups excluding carboxylic acids is 14. The maximum Gasteiger partial charge on any atom is 0.329 e. The lowest BCUT2D eigenvalue weighted by Crippen LogP contribution is -2.64. The van der Waals surface area contributed by atoms with Gasteiger partial charge in [0.15, 0.2) is 0 Å². The van der Waals surface area contributed by atoms with Gasteiger partial charge in [-0.1, -0.05) is 146 Å². The second-order valence-corrected chi connectivity index (χ2v) is 29.8. The summed E-state index contributed by atoms with van der Waals surface area (Å²) in [4.78, 5) is 204. The van der Waals surface area contributed by atoms with E-state index in [-0.39, 0.29) is 63.2 Å². The molecule has 2 fully saturated rings. The molecule has 2 aliphatic heterocycles. The molecule has 31 nitrogen and oxygen atoms in total. The first-order valence-corrected chi connectivity index (χ1v) is 37.1. The molecule has 590 valence electrons. The zero-order valence-corrected chi connectivity index (χ0v) is 65.1. The monoisotopic (exact) mass is 1480 g/mol. The zero-order chi connectivity index (χ0) is 79.4. The van der Waals surface area contributed by atoms with Crippen LogP contribution in [0.2, 0.25) is 0 Å². The highest BCUT2D eigenvalue weighted by molar-refractivity contribution is 6.03. The lowest BCUT2D eigenvalue weighted by atomic mass is 9.95. The van der Waals surface area contributed by atoms with E-state index in [0.29, 0.717) is 31.4 Å². The van der Waals surface area contributed by atoms with E-state index in [4.69, 9.17) is 10.5 Å². The molecule has 2 saturated heterocycles. The Kier molecular flexibility index (Phi) is 37.8. The van der Waals surface area contributed by atoms with Crippen LogP contribution in [0.3, 0.4) is 0 Å². The van der Waals surface area contributed by atoms with Crippen LogP contribution < -0.4 is 69.5 Å². The number of nitrogens with two attached hydrogens (primary N) is 1. The smallest absolute Gasteiger partial charge is 0.329 e. The Morgan fingerprint density at radius 3 is 1.71 bits per heavy atom. The summed E-state index contributed by atoms with van der Waals surface area (Å²) in [6.07, 6.45) is 0.0837. The fourth-order valence-corrected chi connectivity index (χ4v) is 12.0. The number of allylic oxidation sites excluding steroid dienone is 1. The summed E-state index contributed by atoms with van der Waals surface area (Å²) < 4.78 is 5.96. The second kappa shape index (κ2) is 43.8. The first-order chi connectivity index (χ1) is 49.2. The minimum atomic E-state index is -1.83. The van der Waals surface area contributed by atoms with Crippen LogP contribution in [0, 0.1) is 41.4 Å². The molecule has 0 unspecified atom stereocenters. The molecule has 31 heteroatoms. The van der Waals surface area contributed by atoms with E-state index >= 15 is 9.59 Å². The highest BCUT2D eigenvalue weighted by Gasteiger charge is 2.44. The summed E-state index contributed by atoms with van der Waals surface area (Å²) in [5.74, 6) is -15.6. The van der Waals surface area contributed by atoms with Gasteiger partial charge in [0.2, 0.25) is 70.9 Å². The Labute approximate surface area is 619 Å². The van der Waals surface area contributed by atoms with E-state index in [1.165, 1.54) is 31.7 Å². The number of benzene rings is 1. The van der Waals surface area contributed by atoms with Gasteiger partial charge >= 0.3 is 5.97 Å². The van der Waals surface area contributed by atoms with Gasteiger partial charge in [0.1, 0.15) is 84.3 Å². The Balaban J connectivity index is 2.00. The minimum absolute atomic E-state index is 0.0359. The number of ether oxygens (including phenoxy) is 1. The molecular weight excluding hydrogens is 1350 g/mol. The first-order valence-electron chi connectivity index (χ1n) is 37.1. The molecule has 1 aromatic carbocycles. The molecule has 105 heavy (non-hydrogen) atoms. The van der Waals surface area contributed by atoms with Gasteiger partial charge in [-0.25, -0.2) is 4.79 Å². The number of nitrogens with zero attached hydrogens (tertiary/aromatic N) is 2. The zero-order valence-electron chi connectivity index (χ0n) is 65.1. The number of esters is 1. The number of hydrogen-bond donors (Lipinski definition) is 14. The summed E-state index contributed by atoms with van der Waals surface area (Å²) in [5.41, 5.74) is 6.34. The predicted molar refractivity (Wildman–Crippen MR) is 394 cm³/mol. The molecule has 0 aromatic heterocycles. The molecule has 15 N–H and O–H groups in total. The Bertz CT molecular complexity index is 3160. The van der Waals surface area contributed by atoms with E-state index < -0.39 is 203 Å². The first kappa shape index (κ1) is 90.6. The highest BCUT2D eigenvalue weighted by atomic mass is 16.5. The van der Waals surface area contributed by atoms with Crippen molar-refractivity contribution in [3.8, 4) is 0 Å². The lowest BCUT2D eigenvalue weighted by Gasteiger charge is -2.33. The van der Waals surface area contributed by atoms with Gasteiger partial charge in [-0.15, -0.1) is 0 Å². The molecule has 2 heterocycles. The molecule has 2 aliphatic rings. The maximum atomic E-state index is 15.0. The van der Waals surface area contributed by atoms with Crippen LogP contribution >= 0.6 is 0 Å². The molecule has 0 spiro atoms. The van der Waals surface area contributed by atoms with Crippen molar-refractivity contribution in [3.63, 3.8) is 0 Å². The number of likely N-dealkylation sites (tertiary alicyclic amines) is 1. The third kappa shape index (κ3) is 27.7. The molecule has 13 amide bonds. The summed E-state index contributed by atoms with van der Waals surface area (Å²) >= 11 is 0. The molecule has 1 aromatic rings. The average Bonchev–Trinajstić information content (AvgIpc) is 1.79. The number of aliphatic hydroxyl groups is 1. The van der Waals surface area contributed by atoms with E-state index in [1.807, 2.05) is 19.0 Å². The largest absolute Gasteiger partial charge is 0.458 e. The molecule has 3 rings (SSSR count). The van der Waals surface area contributed by atoms with Crippen molar-refractivity contribution in [2.45, 2.75) is 260 Å². The summed E-state index contributed by atoms with van der Waals surface area (Å²) in [7, 11) is 3.74. The van der Waals surface area contributed by atoms with Gasteiger partial charge in [-0.2, -0.15) is 0 Å². The number of carbonyl (C=O) groups is 14. The van der Waals surface area contributed by atoms with E-state index in [2.05, 4.69) is 63.8 Å². The van der Waals surface area contributed by atoms with E-state index in [0.717, 1.165) is 0 Å². The Hall–Kier alpha value is -8.58. The van der Waals surface area contributed by atoms with E-state index in [9.17, 15) is 62.6 Å². The van der Waals surface area contributed by atoms with Crippen molar-refractivity contribution in [1.29, 1.82) is 0 Å². The average molecular weight is 1480 g/mol. The lowest BCUT2D eigenvalue weighted by molar-refractivity contribution is -0.157. The predicted octanol–water partition coefficient (Wildman–Crippen LogP) is 0.352. The van der Waals surface area contributed by atoms with Crippen LogP contribution in [0.4, 0.5) is 0 Å². The summed E-state index contributed by atoms with van der Waals surface area (Å²) in [6.45, 7) is 28.3. The number of hydrogen-bond acceptors (Lipinski definition) is 18. The molecule has 0 bridgehead atoms. The van der Waals surface area contributed by atoms with E-state index in [1.54, 1.807) is 127 Å². The van der Waals surface area contributed by atoms with Crippen LogP contribution in [-0.2, 0) is 78.3 Å². The summed E-state index contributed by atoms with van der Waals surface area (Å²) in [5, 5.41) is 43.1. The molecular formula is C74H123N15O16. The fourth-order valence-electron chi connectivity index (χ4n) is 12.0. The molecule has 0 aliphatic carbocycles. The van der Waals surface area contributed by atoms with Crippen molar-refractivity contribution in [3.05, 3.63) is 47.7 Å². The van der Waals surface area contributed by atoms with Crippen molar-refractivity contribution in [1.82, 2.24) is 73.6 Å². The summed E-state index contributed by atoms with van der Waals surface area (Å²) in [6, 6.07) is -7.70. The van der Waals surface area contributed by atoms with Crippen molar-refractivity contribution >= 4 is 82.8 Å². The van der Waals surface area contributed by atoms with Gasteiger partial charge in [0.05, 0.1) is 6.10 Å². The van der Waals surface area contributed by atoms with Gasteiger partial charge in [0.25, 0.3) is 5.91 Å².